The topological polar surface area (TPSA) is 37.8 Å². The number of halogens is 1. The Morgan fingerprint density at radius 2 is 1.86 bits per heavy atom. The van der Waals surface area contributed by atoms with Crippen LogP contribution in [-0.4, -0.2) is 16.5 Å². The number of hydrogen-bond acceptors (Lipinski definition) is 4. The molecule has 0 aliphatic rings. The summed E-state index contributed by atoms with van der Waals surface area (Å²) in [6.45, 7) is 6.97. The maximum atomic E-state index is 6.41. The molecule has 1 N–H and O–H groups in total. The summed E-state index contributed by atoms with van der Waals surface area (Å²) in [7, 11) is 0. The first kappa shape index (κ1) is 14.3. The fourth-order valence-electron chi connectivity index (χ4n) is 2.38. The van der Waals surface area contributed by atoms with E-state index in [9.17, 15) is 0 Å². The Bertz CT molecular complexity index is 793. The number of thiophene rings is 1. The van der Waals surface area contributed by atoms with E-state index in [-0.39, 0.29) is 0 Å². The molecule has 2 heterocycles. The summed E-state index contributed by atoms with van der Waals surface area (Å²) in [4.78, 5) is 11.1. The smallest absolute Gasteiger partial charge is 0.225 e. The molecule has 0 bridgehead atoms. The first-order valence-electron chi connectivity index (χ1n) is 6.87. The van der Waals surface area contributed by atoms with Crippen LogP contribution >= 0.6 is 22.9 Å². The summed E-state index contributed by atoms with van der Waals surface area (Å²) in [5.74, 6) is 0.590. The van der Waals surface area contributed by atoms with Crippen LogP contribution in [0.25, 0.3) is 21.3 Å². The van der Waals surface area contributed by atoms with Crippen molar-refractivity contribution >= 4 is 39.1 Å². The number of anilines is 1. The van der Waals surface area contributed by atoms with Crippen LogP contribution in [0.2, 0.25) is 5.15 Å². The highest BCUT2D eigenvalue weighted by Crippen LogP contribution is 2.40. The molecule has 3 rings (SSSR count). The van der Waals surface area contributed by atoms with Crippen molar-refractivity contribution in [3.63, 3.8) is 0 Å². The molecule has 108 valence electrons. The molecule has 1 aromatic carbocycles. The number of aromatic nitrogens is 2. The van der Waals surface area contributed by atoms with Crippen molar-refractivity contribution in [2.45, 2.75) is 20.8 Å². The van der Waals surface area contributed by atoms with Crippen LogP contribution in [0.15, 0.2) is 24.3 Å². The number of aryl methyl sites for hydroxylation is 2. The summed E-state index contributed by atoms with van der Waals surface area (Å²) < 4.78 is 0. The van der Waals surface area contributed by atoms with E-state index in [1.165, 1.54) is 10.4 Å². The molecule has 0 saturated carbocycles. The van der Waals surface area contributed by atoms with Crippen molar-refractivity contribution < 1.29 is 0 Å². The maximum absolute atomic E-state index is 6.41. The van der Waals surface area contributed by atoms with Gasteiger partial charge in [-0.3, -0.25) is 0 Å². The fourth-order valence-corrected chi connectivity index (χ4v) is 3.74. The van der Waals surface area contributed by atoms with E-state index in [1.54, 1.807) is 11.3 Å². The van der Waals surface area contributed by atoms with Crippen LogP contribution in [0.5, 0.6) is 0 Å². The second-order valence-electron chi connectivity index (χ2n) is 4.95. The minimum absolute atomic E-state index is 0.510. The summed E-state index contributed by atoms with van der Waals surface area (Å²) >= 11 is 8.07. The molecule has 2 aromatic heterocycles. The Hall–Kier alpha value is -1.65. The van der Waals surface area contributed by atoms with Gasteiger partial charge in [-0.25, -0.2) is 9.97 Å². The highest BCUT2D eigenvalue weighted by atomic mass is 35.5. The summed E-state index contributed by atoms with van der Waals surface area (Å²) in [6.07, 6.45) is 0. The predicted molar refractivity (Wildman–Crippen MR) is 91.5 cm³/mol. The molecule has 21 heavy (non-hydrogen) atoms. The monoisotopic (exact) mass is 317 g/mol. The Labute approximate surface area is 133 Å². The van der Waals surface area contributed by atoms with Crippen LogP contribution in [0.3, 0.4) is 0 Å². The number of hydrogen-bond donors (Lipinski definition) is 1. The standard InChI is InChI=1S/C16H16ClN3S/c1-4-18-16-19-14(17)13-12(10(3)21-15(13)20-16)11-7-5-9(2)6-8-11/h5-8H,4H2,1-3H3,(H,18,19,20). The average molecular weight is 318 g/mol. The molecule has 3 aromatic rings. The van der Waals surface area contributed by atoms with E-state index in [2.05, 4.69) is 53.4 Å². The van der Waals surface area contributed by atoms with Gasteiger partial charge in [-0.2, -0.15) is 0 Å². The molecule has 0 radical (unpaired) electrons. The zero-order valence-corrected chi connectivity index (χ0v) is 13.8. The molecule has 0 spiro atoms. The average Bonchev–Trinajstić information content (AvgIpc) is 2.77. The second-order valence-corrected chi connectivity index (χ2v) is 6.51. The van der Waals surface area contributed by atoms with Crippen molar-refractivity contribution in [1.29, 1.82) is 0 Å². The SMILES string of the molecule is CCNc1nc(Cl)c2c(-c3ccc(C)cc3)c(C)sc2n1. The van der Waals surface area contributed by atoms with Crippen molar-refractivity contribution in [1.82, 2.24) is 9.97 Å². The van der Waals surface area contributed by atoms with Gasteiger partial charge in [-0.15, -0.1) is 11.3 Å². The lowest BCUT2D eigenvalue weighted by molar-refractivity contribution is 1.11. The lowest BCUT2D eigenvalue weighted by Gasteiger charge is -2.05. The Balaban J connectivity index is 2.23. The molecule has 0 aliphatic carbocycles. The van der Waals surface area contributed by atoms with E-state index in [4.69, 9.17) is 11.6 Å². The van der Waals surface area contributed by atoms with Gasteiger partial charge in [0.25, 0.3) is 0 Å². The number of fused-ring (bicyclic) bond motifs is 1. The third kappa shape index (κ3) is 2.61. The largest absolute Gasteiger partial charge is 0.354 e. The molecular formula is C16H16ClN3S. The summed E-state index contributed by atoms with van der Waals surface area (Å²) in [6, 6.07) is 8.47. The molecule has 0 unspecified atom stereocenters. The lowest BCUT2D eigenvalue weighted by Crippen LogP contribution is -2.01. The second kappa shape index (κ2) is 5.62. The molecule has 0 atom stereocenters. The van der Waals surface area contributed by atoms with Gasteiger partial charge in [0.1, 0.15) is 9.98 Å². The normalized spacial score (nSPS) is 11.0. The first-order chi connectivity index (χ1) is 10.1. The lowest BCUT2D eigenvalue weighted by atomic mass is 10.0. The Morgan fingerprint density at radius 3 is 2.52 bits per heavy atom. The highest BCUT2D eigenvalue weighted by Gasteiger charge is 2.17. The van der Waals surface area contributed by atoms with E-state index >= 15 is 0 Å². The minimum atomic E-state index is 0.510. The van der Waals surface area contributed by atoms with Crippen molar-refractivity contribution in [3.05, 3.63) is 39.9 Å². The van der Waals surface area contributed by atoms with Gasteiger partial charge >= 0.3 is 0 Å². The number of benzene rings is 1. The van der Waals surface area contributed by atoms with Crippen LogP contribution in [0.1, 0.15) is 17.4 Å². The van der Waals surface area contributed by atoms with Gasteiger partial charge in [0.15, 0.2) is 0 Å². The van der Waals surface area contributed by atoms with Crippen LogP contribution in [-0.2, 0) is 0 Å². The van der Waals surface area contributed by atoms with Crippen molar-refractivity contribution in [2.24, 2.45) is 0 Å². The molecular weight excluding hydrogens is 302 g/mol. The van der Waals surface area contributed by atoms with E-state index in [0.29, 0.717) is 11.1 Å². The van der Waals surface area contributed by atoms with Gasteiger partial charge in [-0.1, -0.05) is 41.4 Å². The summed E-state index contributed by atoms with van der Waals surface area (Å²) in [5.41, 5.74) is 3.54. The summed E-state index contributed by atoms with van der Waals surface area (Å²) in [5, 5.41) is 4.58. The van der Waals surface area contributed by atoms with Crippen LogP contribution < -0.4 is 5.32 Å². The van der Waals surface area contributed by atoms with Gasteiger partial charge in [-0.05, 0) is 26.3 Å². The van der Waals surface area contributed by atoms with E-state index in [1.807, 2.05) is 6.92 Å². The van der Waals surface area contributed by atoms with Gasteiger partial charge < -0.3 is 5.32 Å². The zero-order chi connectivity index (χ0) is 15.0. The van der Waals surface area contributed by atoms with Gasteiger partial charge in [0.05, 0.1) is 5.39 Å². The van der Waals surface area contributed by atoms with Gasteiger partial charge in [0, 0.05) is 17.0 Å². The Kier molecular flexibility index (Phi) is 3.83. The third-order valence-electron chi connectivity index (χ3n) is 3.36. The van der Waals surface area contributed by atoms with Crippen LogP contribution in [0.4, 0.5) is 5.95 Å². The first-order valence-corrected chi connectivity index (χ1v) is 8.07. The van der Waals surface area contributed by atoms with Crippen molar-refractivity contribution in [2.75, 3.05) is 11.9 Å². The molecule has 3 nitrogen and oxygen atoms in total. The minimum Gasteiger partial charge on any atom is -0.354 e. The van der Waals surface area contributed by atoms with E-state index < -0.39 is 0 Å². The fraction of sp³-hybridized carbons (Fsp3) is 0.250. The number of nitrogens with zero attached hydrogens (tertiary/aromatic N) is 2. The number of nitrogens with one attached hydrogen (secondary N) is 1. The number of rotatable bonds is 3. The molecule has 0 aliphatic heterocycles. The third-order valence-corrected chi connectivity index (χ3v) is 4.63. The van der Waals surface area contributed by atoms with E-state index in [0.717, 1.165) is 27.9 Å². The molecule has 0 amide bonds. The maximum Gasteiger partial charge on any atom is 0.225 e. The zero-order valence-electron chi connectivity index (χ0n) is 12.2. The quantitative estimate of drug-likeness (QED) is 0.686. The van der Waals surface area contributed by atoms with Crippen LogP contribution in [0, 0.1) is 13.8 Å². The predicted octanol–water partition coefficient (Wildman–Crippen LogP) is 5.06. The highest BCUT2D eigenvalue weighted by molar-refractivity contribution is 7.19. The van der Waals surface area contributed by atoms with Crippen molar-refractivity contribution in [3.8, 4) is 11.1 Å². The van der Waals surface area contributed by atoms with Gasteiger partial charge in [0.2, 0.25) is 5.95 Å². The Morgan fingerprint density at radius 1 is 1.14 bits per heavy atom. The molecule has 5 heteroatoms. The molecule has 0 fully saturated rings. The molecule has 0 saturated heterocycles.